The van der Waals surface area contributed by atoms with E-state index in [4.69, 9.17) is 28.7 Å². The van der Waals surface area contributed by atoms with Gasteiger partial charge in [0.05, 0.1) is 12.6 Å². The molecule has 7 atom stereocenters. The van der Waals surface area contributed by atoms with E-state index >= 15 is 0 Å². The second kappa shape index (κ2) is 28.7. The lowest BCUT2D eigenvalue weighted by molar-refractivity contribution is -0.142. The number of nitrogens with zero attached hydrogens (tertiary/aromatic N) is 1. The summed E-state index contributed by atoms with van der Waals surface area (Å²) >= 11 is 0. The summed E-state index contributed by atoms with van der Waals surface area (Å²) in [4.78, 5) is 95.5. The highest BCUT2D eigenvalue weighted by molar-refractivity contribution is 5.97. The Bertz CT molecular complexity index is 1310. The van der Waals surface area contributed by atoms with Crippen LogP contribution < -0.4 is 60.6 Å². The van der Waals surface area contributed by atoms with Crippen molar-refractivity contribution in [2.24, 2.45) is 45.5 Å². The number of aliphatic hydroxyl groups excluding tert-OH is 1. The third-order valence-corrected chi connectivity index (χ3v) is 8.69. The number of nitrogens with two attached hydrogens (primary N) is 5. The van der Waals surface area contributed by atoms with Gasteiger partial charge in [-0.05, 0) is 96.1 Å². The van der Waals surface area contributed by atoms with E-state index in [0.29, 0.717) is 45.2 Å². The van der Waals surface area contributed by atoms with Crippen LogP contribution in [-0.2, 0) is 33.6 Å². The highest BCUT2D eigenvalue weighted by Crippen LogP contribution is 2.11. The van der Waals surface area contributed by atoms with Crippen LogP contribution >= 0.6 is 0 Å². The summed E-state index contributed by atoms with van der Waals surface area (Å²) in [6.45, 7) is 8.59. The number of aliphatic hydroxyl groups is 1. The number of carbonyl (C=O) groups excluding carboxylic acids is 6. The molecule has 0 bridgehead atoms. The van der Waals surface area contributed by atoms with Gasteiger partial charge in [0.25, 0.3) is 0 Å². The van der Waals surface area contributed by atoms with E-state index in [2.05, 4.69) is 36.9 Å². The summed E-state index contributed by atoms with van der Waals surface area (Å²) in [5.41, 5.74) is 28.0. The maximum Gasteiger partial charge on any atom is 0.325 e. The minimum absolute atomic E-state index is 0.0252. The summed E-state index contributed by atoms with van der Waals surface area (Å²) < 4.78 is 0. The summed E-state index contributed by atoms with van der Waals surface area (Å²) in [6.07, 6.45) is 2.93. The zero-order chi connectivity index (χ0) is 43.7. The molecule has 21 nitrogen and oxygen atoms in total. The van der Waals surface area contributed by atoms with Gasteiger partial charge in [-0.15, -0.1) is 0 Å². The van der Waals surface area contributed by atoms with Crippen molar-refractivity contribution < 1.29 is 43.8 Å². The van der Waals surface area contributed by atoms with Crippen LogP contribution in [0.4, 0.5) is 0 Å². The Kier molecular flexibility index (Phi) is 26.4. The number of aliphatic imine (C=N–C) groups is 1. The van der Waals surface area contributed by atoms with Gasteiger partial charge in [-0.2, -0.15) is 0 Å². The molecule has 0 fully saturated rings. The number of aliphatic carboxylic acids is 1. The molecule has 0 aliphatic heterocycles. The molecule has 328 valence electrons. The number of carboxylic acids is 1. The van der Waals surface area contributed by atoms with E-state index in [0.717, 1.165) is 0 Å². The first-order valence-electron chi connectivity index (χ1n) is 19.6. The second-order valence-electron chi connectivity index (χ2n) is 14.9. The average molecular weight is 815 g/mol. The lowest BCUT2D eigenvalue weighted by atomic mass is 10.0. The van der Waals surface area contributed by atoms with E-state index in [-0.39, 0.29) is 56.4 Å². The number of guanidine groups is 1. The molecule has 7 unspecified atom stereocenters. The Morgan fingerprint density at radius 2 is 0.930 bits per heavy atom. The SMILES string of the molecule is CC(C)CC(N)C(=O)NC(CCCCN)C(=O)NC(CO)C(=O)NC(CCCCN)C(=O)NC(CC(C)C)C(=O)NC(CCCN=C(N)N)C(=O)NC(C)C(=O)O. The van der Waals surface area contributed by atoms with Crippen molar-refractivity contribution >= 4 is 47.4 Å². The van der Waals surface area contributed by atoms with Crippen molar-refractivity contribution in [3.63, 3.8) is 0 Å². The standard InChI is InChI=1S/C36H70N12O9/c1-20(2)17-23(39)29(50)44-24(11-6-8-14-37)32(53)48-28(19-49)34(55)46-25(12-7-9-15-38)31(52)47-27(18-21(3)4)33(54)45-26(13-10-16-42-36(40)41)30(51)43-22(5)35(56)57/h20-28,49H,6-19,37-39H2,1-5H3,(H,43,51)(H,44,50)(H,45,54)(H,46,55)(H,47,52)(H,48,53)(H,56,57)(H4,40,41,42). The second-order valence-corrected chi connectivity index (χ2v) is 14.9. The van der Waals surface area contributed by atoms with Crippen molar-refractivity contribution in [2.75, 3.05) is 26.2 Å². The Labute approximate surface area is 335 Å². The van der Waals surface area contributed by atoms with Crippen molar-refractivity contribution in [3.05, 3.63) is 0 Å². The number of hydrogen-bond acceptors (Lipinski definition) is 12. The zero-order valence-electron chi connectivity index (χ0n) is 34.2. The quantitative estimate of drug-likeness (QED) is 0.0192. The van der Waals surface area contributed by atoms with Gasteiger partial charge in [0.2, 0.25) is 35.4 Å². The fraction of sp³-hybridized carbons (Fsp3) is 0.778. The molecule has 0 aromatic rings. The monoisotopic (exact) mass is 815 g/mol. The first-order valence-corrected chi connectivity index (χ1v) is 19.6. The summed E-state index contributed by atoms with van der Waals surface area (Å²) in [5.74, 6) is -5.97. The van der Waals surface area contributed by atoms with Gasteiger partial charge in [0.1, 0.15) is 36.3 Å². The summed E-state index contributed by atoms with van der Waals surface area (Å²) in [6, 6.07) is -8.43. The van der Waals surface area contributed by atoms with E-state index in [9.17, 15) is 43.8 Å². The molecule has 0 aromatic carbocycles. The molecular weight excluding hydrogens is 744 g/mol. The number of amides is 6. The predicted octanol–water partition coefficient (Wildman–Crippen LogP) is -3.28. The van der Waals surface area contributed by atoms with E-state index in [1.807, 2.05) is 13.8 Å². The number of carboxylic acid groups (broad SMARTS) is 1. The van der Waals surface area contributed by atoms with Crippen LogP contribution in [-0.4, -0.2) is 126 Å². The largest absolute Gasteiger partial charge is 0.480 e. The topological polar surface area (TPSA) is 375 Å². The van der Waals surface area contributed by atoms with Crippen molar-refractivity contribution in [2.45, 2.75) is 141 Å². The minimum Gasteiger partial charge on any atom is -0.480 e. The Balaban J connectivity index is 6.20. The molecule has 57 heavy (non-hydrogen) atoms. The smallest absolute Gasteiger partial charge is 0.325 e. The van der Waals surface area contributed by atoms with Crippen LogP contribution in [0, 0.1) is 11.8 Å². The van der Waals surface area contributed by atoms with Gasteiger partial charge in [-0.25, -0.2) is 0 Å². The van der Waals surface area contributed by atoms with Crippen LogP contribution in [0.2, 0.25) is 0 Å². The molecule has 6 amide bonds. The predicted molar refractivity (Wildman–Crippen MR) is 215 cm³/mol. The van der Waals surface area contributed by atoms with Gasteiger partial charge >= 0.3 is 5.97 Å². The molecule has 0 radical (unpaired) electrons. The number of hydrogen-bond donors (Lipinski definition) is 13. The number of unbranched alkanes of at least 4 members (excludes halogenated alkanes) is 2. The Morgan fingerprint density at radius 3 is 1.35 bits per heavy atom. The van der Waals surface area contributed by atoms with E-state index in [1.165, 1.54) is 6.92 Å². The maximum absolute atomic E-state index is 13.8. The van der Waals surface area contributed by atoms with Crippen LogP contribution in [0.3, 0.4) is 0 Å². The first-order chi connectivity index (χ1) is 26.8. The van der Waals surface area contributed by atoms with Crippen molar-refractivity contribution in [3.8, 4) is 0 Å². The maximum atomic E-state index is 13.8. The highest BCUT2D eigenvalue weighted by atomic mass is 16.4. The summed E-state index contributed by atoms with van der Waals surface area (Å²) in [7, 11) is 0. The van der Waals surface area contributed by atoms with Gasteiger partial charge in [0.15, 0.2) is 5.96 Å². The Morgan fingerprint density at radius 1 is 0.544 bits per heavy atom. The highest BCUT2D eigenvalue weighted by Gasteiger charge is 2.33. The van der Waals surface area contributed by atoms with Crippen molar-refractivity contribution in [1.82, 2.24) is 31.9 Å². The number of rotatable bonds is 30. The fourth-order valence-electron chi connectivity index (χ4n) is 5.55. The molecule has 0 aliphatic carbocycles. The third kappa shape index (κ3) is 22.7. The molecule has 0 aromatic heterocycles. The first kappa shape index (κ1) is 52.4. The molecule has 0 heterocycles. The molecule has 0 saturated carbocycles. The van der Waals surface area contributed by atoms with E-state index in [1.54, 1.807) is 13.8 Å². The Hall–Kier alpha value is -4.60. The third-order valence-electron chi connectivity index (χ3n) is 8.69. The number of carbonyl (C=O) groups is 7. The molecule has 0 spiro atoms. The van der Waals surface area contributed by atoms with Crippen LogP contribution in [0.15, 0.2) is 4.99 Å². The van der Waals surface area contributed by atoms with Gasteiger partial charge < -0.3 is 70.8 Å². The van der Waals surface area contributed by atoms with Gasteiger partial charge in [-0.3, -0.25) is 38.6 Å². The molecular formula is C36H70N12O9. The average Bonchev–Trinajstić information content (AvgIpc) is 3.12. The molecule has 0 saturated heterocycles. The lowest BCUT2D eigenvalue weighted by Gasteiger charge is -2.28. The molecule has 0 rings (SSSR count). The van der Waals surface area contributed by atoms with Gasteiger partial charge in [0, 0.05) is 6.54 Å². The zero-order valence-corrected chi connectivity index (χ0v) is 34.2. The van der Waals surface area contributed by atoms with Crippen LogP contribution in [0.25, 0.3) is 0 Å². The minimum atomic E-state index is -1.53. The van der Waals surface area contributed by atoms with E-state index < -0.39 is 90.3 Å². The van der Waals surface area contributed by atoms with Gasteiger partial charge in [-0.1, -0.05) is 27.7 Å². The van der Waals surface area contributed by atoms with Crippen molar-refractivity contribution in [1.29, 1.82) is 0 Å². The number of nitrogens with one attached hydrogen (secondary N) is 6. The lowest BCUT2D eigenvalue weighted by Crippen LogP contribution is -2.60. The molecule has 21 heteroatoms. The fourth-order valence-corrected chi connectivity index (χ4v) is 5.55. The summed E-state index contributed by atoms with van der Waals surface area (Å²) in [5, 5.41) is 34.7. The van der Waals surface area contributed by atoms with Crippen LogP contribution in [0.5, 0.6) is 0 Å². The van der Waals surface area contributed by atoms with Crippen LogP contribution in [0.1, 0.15) is 98.8 Å². The normalized spacial score (nSPS) is 14.9. The molecule has 18 N–H and O–H groups in total. The molecule has 0 aliphatic rings.